The number of hydrogen-bond acceptors (Lipinski definition) is 9. The largest absolute Gasteiger partial charge is 0.394 e. The minimum absolute atomic E-state index is 0.0449. The van der Waals surface area contributed by atoms with E-state index in [1.165, 1.54) is 17.0 Å². The Hall–Kier alpha value is -2.38. The first kappa shape index (κ1) is 27.9. The van der Waals surface area contributed by atoms with Crippen LogP contribution in [0.1, 0.15) is 27.7 Å². The summed E-state index contributed by atoms with van der Waals surface area (Å²) >= 11 is 0. The van der Waals surface area contributed by atoms with Gasteiger partial charge in [-0.3, -0.25) is 8.98 Å². The van der Waals surface area contributed by atoms with Crippen molar-refractivity contribution in [2.24, 2.45) is 0 Å². The van der Waals surface area contributed by atoms with Crippen LogP contribution in [0.25, 0.3) is 0 Å². The van der Waals surface area contributed by atoms with Crippen molar-refractivity contribution < 1.29 is 42.2 Å². The molecule has 1 heterocycles. The lowest BCUT2D eigenvalue weighted by Gasteiger charge is -2.20. The van der Waals surface area contributed by atoms with Crippen LogP contribution in [0.4, 0.5) is 0 Å². The lowest BCUT2D eigenvalue weighted by atomic mass is 10.1. The first-order valence-corrected chi connectivity index (χ1v) is 12.1. The summed E-state index contributed by atoms with van der Waals surface area (Å²) in [6, 6.07) is 13.4. The third-order valence-corrected chi connectivity index (χ3v) is 6.08. The number of carbonyl (C=O) groups is 1. The molecule has 2 aromatic rings. The van der Waals surface area contributed by atoms with Crippen molar-refractivity contribution in [3.63, 3.8) is 0 Å². The fraction of sp³-hybridized carbons (Fsp3) is 0.435. The SMILES string of the molecule is Cc1ccc(S(=O)(=O)OCCOCCO)cc1.O=C1c2ccccc2[C@H](O)N1CCOCCO. The molecule has 0 saturated carbocycles. The third kappa shape index (κ3) is 8.13. The summed E-state index contributed by atoms with van der Waals surface area (Å²) in [5.41, 5.74) is 2.16. The highest BCUT2D eigenvalue weighted by Gasteiger charge is 2.34. The molecule has 3 rings (SSSR count). The Morgan fingerprint density at radius 1 is 0.882 bits per heavy atom. The highest BCUT2D eigenvalue weighted by atomic mass is 32.2. The van der Waals surface area contributed by atoms with Crippen molar-refractivity contribution in [3.8, 4) is 0 Å². The van der Waals surface area contributed by atoms with Crippen LogP contribution in [0.5, 0.6) is 0 Å². The number of aliphatic hydroxyl groups is 3. The number of amides is 1. The molecule has 0 unspecified atom stereocenters. The molecule has 34 heavy (non-hydrogen) atoms. The molecule has 1 atom stereocenters. The Labute approximate surface area is 199 Å². The van der Waals surface area contributed by atoms with Crippen molar-refractivity contribution in [3.05, 3.63) is 65.2 Å². The fourth-order valence-electron chi connectivity index (χ4n) is 3.05. The van der Waals surface area contributed by atoms with E-state index in [1.54, 1.807) is 36.4 Å². The maximum atomic E-state index is 11.9. The summed E-state index contributed by atoms with van der Waals surface area (Å²) in [6.07, 6.45) is -0.892. The summed E-state index contributed by atoms with van der Waals surface area (Å²) in [5, 5.41) is 27.0. The highest BCUT2D eigenvalue weighted by Crippen LogP contribution is 2.30. The predicted molar refractivity (Wildman–Crippen MR) is 123 cm³/mol. The molecule has 0 saturated heterocycles. The summed E-state index contributed by atoms with van der Waals surface area (Å²) in [6.45, 7) is 2.84. The minimum Gasteiger partial charge on any atom is -0.394 e. The van der Waals surface area contributed by atoms with E-state index in [0.717, 1.165) is 5.56 Å². The molecule has 1 aliphatic rings. The van der Waals surface area contributed by atoms with E-state index in [9.17, 15) is 18.3 Å². The lowest BCUT2D eigenvalue weighted by molar-refractivity contribution is -0.000468. The Morgan fingerprint density at radius 3 is 2.12 bits per heavy atom. The second-order valence-corrected chi connectivity index (χ2v) is 8.84. The third-order valence-electron chi connectivity index (χ3n) is 4.75. The zero-order valence-electron chi connectivity index (χ0n) is 19.0. The summed E-state index contributed by atoms with van der Waals surface area (Å²) in [7, 11) is -3.71. The van der Waals surface area contributed by atoms with Gasteiger partial charge in [-0.2, -0.15) is 8.42 Å². The van der Waals surface area contributed by atoms with Crippen LogP contribution < -0.4 is 0 Å². The monoisotopic (exact) mass is 497 g/mol. The van der Waals surface area contributed by atoms with Crippen LogP contribution in [0.3, 0.4) is 0 Å². The van der Waals surface area contributed by atoms with E-state index in [1.807, 2.05) is 6.92 Å². The van der Waals surface area contributed by atoms with Crippen LogP contribution in [-0.4, -0.2) is 87.3 Å². The number of ether oxygens (including phenoxy) is 2. The van der Waals surface area contributed by atoms with Gasteiger partial charge in [0, 0.05) is 17.7 Å². The van der Waals surface area contributed by atoms with Gasteiger partial charge >= 0.3 is 0 Å². The number of aliphatic hydroxyl groups excluding tert-OH is 3. The molecule has 10 nitrogen and oxygen atoms in total. The zero-order valence-corrected chi connectivity index (χ0v) is 19.8. The van der Waals surface area contributed by atoms with Crippen molar-refractivity contribution in [1.29, 1.82) is 0 Å². The van der Waals surface area contributed by atoms with Crippen molar-refractivity contribution in [2.75, 3.05) is 52.8 Å². The molecule has 0 radical (unpaired) electrons. The Morgan fingerprint density at radius 2 is 1.50 bits per heavy atom. The van der Waals surface area contributed by atoms with Gasteiger partial charge in [0.15, 0.2) is 6.23 Å². The van der Waals surface area contributed by atoms with Crippen LogP contribution in [0, 0.1) is 6.92 Å². The molecular weight excluding hydrogens is 466 g/mol. The summed E-state index contributed by atoms with van der Waals surface area (Å²) in [4.78, 5) is 13.4. The number of aryl methyl sites for hydroxylation is 1. The highest BCUT2D eigenvalue weighted by molar-refractivity contribution is 7.86. The molecular formula is C23H31NO9S. The molecule has 0 aliphatic carbocycles. The molecule has 0 bridgehead atoms. The second-order valence-electron chi connectivity index (χ2n) is 7.22. The van der Waals surface area contributed by atoms with Crippen molar-refractivity contribution in [2.45, 2.75) is 18.0 Å². The van der Waals surface area contributed by atoms with Crippen molar-refractivity contribution in [1.82, 2.24) is 4.90 Å². The Bertz CT molecular complexity index is 996. The standard InChI is InChI=1S/C12H15NO4.C11H16O5S/c14-6-8-17-7-5-13-11(15)9-3-1-2-4-10(9)12(13)16;1-10-2-4-11(5-3-10)17(13,14)16-9-8-15-7-6-12/h1-4,11,14-15H,5-8H2;2-5,12H,6-9H2,1H3/t11-;/m0./s1. The van der Waals surface area contributed by atoms with E-state index in [4.69, 9.17) is 23.9 Å². The maximum absolute atomic E-state index is 11.9. The predicted octanol–water partition coefficient (Wildman–Crippen LogP) is 0.851. The van der Waals surface area contributed by atoms with Gasteiger partial charge in [0.1, 0.15) is 0 Å². The van der Waals surface area contributed by atoms with E-state index in [2.05, 4.69) is 0 Å². The number of hydrogen-bond donors (Lipinski definition) is 3. The molecule has 3 N–H and O–H groups in total. The molecule has 188 valence electrons. The molecule has 0 aromatic heterocycles. The normalized spacial score (nSPS) is 15.1. The number of benzene rings is 2. The Balaban J connectivity index is 0.000000240. The van der Waals surface area contributed by atoms with E-state index >= 15 is 0 Å². The van der Waals surface area contributed by atoms with E-state index in [0.29, 0.717) is 24.3 Å². The van der Waals surface area contributed by atoms with Gasteiger partial charge < -0.3 is 29.7 Å². The smallest absolute Gasteiger partial charge is 0.297 e. The molecule has 1 amide bonds. The van der Waals surface area contributed by atoms with Gasteiger partial charge in [-0.1, -0.05) is 35.9 Å². The lowest BCUT2D eigenvalue weighted by Crippen LogP contribution is -2.31. The zero-order chi connectivity index (χ0) is 25.0. The van der Waals surface area contributed by atoms with Gasteiger partial charge in [-0.15, -0.1) is 0 Å². The summed E-state index contributed by atoms with van der Waals surface area (Å²) < 4.78 is 38.0. The average Bonchev–Trinajstić information content (AvgIpc) is 3.07. The molecule has 0 spiro atoms. The van der Waals surface area contributed by atoms with Gasteiger partial charge in [0.25, 0.3) is 16.0 Å². The minimum atomic E-state index is -3.71. The topological polar surface area (TPSA) is 143 Å². The molecule has 2 aromatic carbocycles. The van der Waals surface area contributed by atoms with Crippen molar-refractivity contribution >= 4 is 16.0 Å². The quantitative estimate of drug-likeness (QED) is 0.287. The first-order chi connectivity index (χ1) is 16.3. The number of rotatable bonds is 12. The average molecular weight is 498 g/mol. The summed E-state index contributed by atoms with van der Waals surface area (Å²) in [5.74, 6) is -0.180. The van der Waals surface area contributed by atoms with Gasteiger partial charge in [-0.25, -0.2) is 0 Å². The maximum Gasteiger partial charge on any atom is 0.297 e. The van der Waals surface area contributed by atoms with E-state index in [-0.39, 0.29) is 50.4 Å². The van der Waals surface area contributed by atoms with E-state index < -0.39 is 16.3 Å². The fourth-order valence-corrected chi connectivity index (χ4v) is 3.94. The first-order valence-electron chi connectivity index (χ1n) is 10.7. The van der Waals surface area contributed by atoms with Crippen LogP contribution >= 0.6 is 0 Å². The molecule has 11 heteroatoms. The number of fused-ring (bicyclic) bond motifs is 1. The van der Waals surface area contributed by atoms with Gasteiger partial charge in [0.2, 0.25) is 0 Å². The Kier molecular flexibility index (Phi) is 11.6. The van der Waals surface area contributed by atoms with Crippen LogP contribution in [-0.2, 0) is 23.8 Å². The van der Waals surface area contributed by atoms with Crippen LogP contribution in [0.15, 0.2) is 53.4 Å². The molecule has 0 fully saturated rings. The molecule has 1 aliphatic heterocycles. The second kappa shape index (κ2) is 14.1. The van der Waals surface area contributed by atoms with Crippen LogP contribution in [0.2, 0.25) is 0 Å². The number of nitrogens with zero attached hydrogens (tertiary/aromatic N) is 1. The van der Waals surface area contributed by atoms with Gasteiger partial charge in [0.05, 0.1) is 51.1 Å². The van der Waals surface area contributed by atoms with Gasteiger partial charge in [-0.05, 0) is 25.1 Å². The number of carbonyl (C=O) groups excluding carboxylic acids is 1.